The van der Waals surface area contributed by atoms with Crippen molar-refractivity contribution in [1.29, 1.82) is 0 Å². The van der Waals surface area contributed by atoms with E-state index < -0.39 is 5.97 Å². The van der Waals surface area contributed by atoms with Gasteiger partial charge in [-0.2, -0.15) is 0 Å². The second kappa shape index (κ2) is 6.40. The lowest BCUT2D eigenvalue weighted by Gasteiger charge is -2.10. The number of hydrogen-bond acceptors (Lipinski definition) is 5. The van der Waals surface area contributed by atoms with Crippen LogP contribution in [0.2, 0.25) is 0 Å². The Balaban J connectivity index is 1.52. The third-order valence-corrected chi connectivity index (χ3v) is 4.48. The molecule has 26 heavy (non-hydrogen) atoms. The molecule has 2 aromatic heterocycles. The molecule has 134 valence electrons. The van der Waals surface area contributed by atoms with Gasteiger partial charge in [0.1, 0.15) is 5.82 Å². The van der Waals surface area contributed by atoms with E-state index in [1.807, 2.05) is 6.92 Å². The molecule has 1 aromatic carbocycles. The maximum absolute atomic E-state index is 14.1. The number of carbonyl (C=O) groups excluding carboxylic acids is 1. The first-order valence-electron chi connectivity index (χ1n) is 8.48. The SMILES string of the molecule is Cc1cc(C(=O)OCc2nnc(C3CC3)o2)c(C)n1-c1ccccc1F. The van der Waals surface area contributed by atoms with Crippen LogP contribution in [0.25, 0.3) is 5.69 Å². The summed E-state index contributed by atoms with van der Waals surface area (Å²) >= 11 is 0. The first kappa shape index (κ1) is 16.5. The quantitative estimate of drug-likeness (QED) is 0.650. The van der Waals surface area contributed by atoms with Crippen LogP contribution < -0.4 is 0 Å². The zero-order chi connectivity index (χ0) is 18.3. The highest BCUT2D eigenvalue weighted by atomic mass is 19.1. The fourth-order valence-corrected chi connectivity index (χ4v) is 3.00. The monoisotopic (exact) mass is 355 g/mol. The topological polar surface area (TPSA) is 70.2 Å². The van der Waals surface area contributed by atoms with Crippen molar-refractivity contribution in [2.24, 2.45) is 0 Å². The third-order valence-electron chi connectivity index (χ3n) is 4.48. The number of esters is 1. The van der Waals surface area contributed by atoms with E-state index in [0.29, 0.717) is 28.8 Å². The summed E-state index contributed by atoms with van der Waals surface area (Å²) in [5.41, 5.74) is 2.13. The lowest BCUT2D eigenvalue weighted by Crippen LogP contribution is -2.08. The predicted molar refractivity (Wildman–Crippen MR) is 90.6 cm³/mol. The Labute approximate surface area is 149 Å². The number of rotatable bonds is 5. The molecule has 0 atom stereocenters. The zero-order valence-electron chi connectivity index (χ0n) is 14.5. The summed E-state index contributed by atoms with van der Waals surface area (Å²) < 4.78 is 26.6. The molecule has 0 N–H and O–H groups in total. The number of carbonyl (C=O) groups is 1. The number of nitrogens with zero attached hydrogens (tertiary/aromatic N) is 3. The predicted octanol–water partition coefficient (Wildman–Crippen LogP) is 3.85. The highest BCUT2D eigenvalue weighted by molar-refractivity contribution is 5.91. The molecule has 2 heterocycles. The highest BCUT2D eigenvalue weighted by Gasteiger charge is 2.29. The summed E-state index contributed by atoms with van der Waals surface area (Å²) in [6.45, 7) is 3.49. The van der Waals surface area contributed by atoms with E-state index in [-0.39, 0.29) is 18.3 Å². The van der Waals surface area contributed by atoms with Crippen molar-refractivity contribution in [3.05, 3.63) is 64.9 Å². The Morgan fingerprint density at radius 3 is 2.81 bits per heavy atom. The molecular formula is C19H18FN3O3. The lowest BCUT2D eigenvalue weighted by atomic mass is 10.2. The zero-order valence-corrected chi connectivity index (χ0v) is 14.5. The van der Waals surface area contributed by atoms with Gasteiger partial charge in [-0.15, -0.1) is 10.2 Å². The molecule has 1 aliphatic carbocycles. The van der Waals surface area contributed by atoms with Gasteiger partial charge < -0.3 is 13.7 Å². The highest BCUT2D eigenvalue weighted by Crippen LogP contribution is 2.39. The van der Waals surface area contributed by atoms with Crippen molar-refractivity contribution in [1.82, 2.24) is 14.8 Å². The van der Waals surface area contributed by atoms with Crippen molar-refractivity contribution in [3.8, 4) is 5.69 Å². The molecule has 4 rings (SSSR count). The minimum atomic E-state index is -0.508. The molecule has 0 unspecified atom stereocenters. The van der Waals surface area contributed by atoms with E-state index in [9.17, 15) is 9.18 Å². The van der Waals surface area contributed by atoms with E-state index >= 15 is 0 Å². The van der Waals surface area contributed by atoms with E-state index in [1.165, 1.54) is 6.07 Å². The van der Waals surface area contributed by atoms with E-state index in [0.717, 1.165) is 18.5 Å². The van der Waals surface area contributed by atoms with Gasteiger partial charge in [-0.3, -0.25) is 0 Å². The molecule has 0 aliphatic heterocycles. The number of ether oxygens (including phenoxy) is 1. The molecule has 3 aromatic rings. The average Bonchev–Trinajstić information content (AvgIpc) is 3.30. The van der Waals surface area contributed by atoms with E-state index in [4.69, 9.17) is 9.15 Å². The number of aryl methyl sites for hydroxylation is 1. The Kier molecular flexibility index (Phi) is 4.06. The minimum Gasteiger partial charge on any atom is -0.452 e. The Morgan fingerprint density at radius 2 is 2.08 bits per heavy atom. The second-order valence-electron chi connectivity index (χ2n) is 6.46. The summed E-state index contributed by atoms with van der Waals surface area (Å²) in [6.07, 6.45) is 2.12. The van der Waals surface area contributed by atoms with Gasteiger partial charge in [0, 0.05) is 17.3 Å². The number of aromatic nitrogens is 3. The molecule has 0 saturated heterocycles. The fraction of sp³-hybridized carbons (Fsp3) is 0.316. The third kappa shape index (κ3) is 3.00. The molecule has 0 radical (unpaired) electrons. The summed E-state index contributed by atoms with van der Waals surface area (Å²) in [5, 5.41) is 7.86. The summed E-state index contributed by atoms with van der Waals surface area (Å²) in [7, 11) is 0. The number of halogens is 1. The molecule has 0 amide bonds. The fourth-order valence-electron chi connectivity index (χ4n) is 3.00. The van der Waals surface area contributed by atoms with Gasteiger partial charge in [0.15, 0.2) is 6.61 Å². The van der Waals surface area contributed by atoms with Crippen molar-refractivity contribution in [2.45, 2.75) is 39.2 Å². The molecule has 1 aliphatic rings. The lowest BCUT2D eigenvalue weighted by molar-refractivity contribution is 0.0435. The molecule has 0 spiro atoms. The smallest absolute Gasteiger partial charge is 0.340 e. The molecule has 0 bridgehead atoms. The average molecular weight is 355 g/mol. The van der Waals surface area contributed by atoms with Gasteiger partial charge in [-0.25, -0.2) is 9.18 Å². The molecular weight excluding hydrogens is 337 g/mol. The van der Waals surface area contributed by atoms with Crippen LogP contribution in [0.1, 0.15) is 52.3 Å². The van der Waals surface area contributed by atoms with Gasteiger partial charge in [0.05, 0.1) is 11.3 Å². The summed E-state index contributed by atoms with van der Waals surface area (Å²) in [4.78, 5) is 12.5. The van der Waals surface area contributed by atoms with Crippen LogP contribution in [0.5, 0.6) is 0 Å². The Morgan fingerprint density at radius 1 is 1.31 bits per heavy atom. The maximum Gasteiger partial charge on any atom is 0.340 e. The number of hydrogen-bond donors (Lipinski definition) is 0. The number of benzene rings is 1. The van der Waals surface area contributed by atoms with Crippen molar-refractivity contribution >= 4 is 5.97 Å². The van der Waals surface area contributed by atoms with Gasteiger partial charge >= 0.3 is 5.97 Å². The number of para-hydroxylation sites is 1. The van der Waals surface area contributed by atoms with Crippen LogP contribution in [-0.4, -0.2) is 20.7 Å². The van der Waals surface area contributed by atoms with Crippen molar-refractivity contribution < 1.29 is 18.3 Å². The van der Waals surface area contributed by atoms with Gasteiger partial charge in [0.25, 0.3) is 5.89 Å². The summed E-state index contributed by atoms with van der Waals surface area (Å²) in [5.74, 6) is 0.378. The normalized spacial score (nSPS) is 13.8. The Hall–Kier alpha value is -2.96. The van der Waals surface area contributed by atoms with Gasteiger partial charge in [0.2, 0.25) is 5.89 Å². The molecule has 6 nitrogen and oxygen atoms in total. The molecule has 1 saturated carbocycles. The van der Waals surface area contributed by atoms with Crippen LogP contribution in [0.4, 0.5) is 4.39 Å². The molecule has 1 fully saturated rings. The van der Waals surface area contributed by atoms with Crippen LogP contribution in [0.15, 0.2) is 34.7 Å². The van der Waals surface area contributed by atoms with Crippen molar-refractivity contribution in [2.75, 3.05) is 0 Å². The van der Waals surface area contributed by atoms with Crippen LogP contribution in [0.3, 0.4) is 0 Å². The van der Waals surface area contributed by atoms with Crippen molar-refractivity contribution in [3.63, 3.8) is 0 Å². The Bertz CT molecular complexity index is 972. The maximum atomic E-state index is 14.1. The van der Waals surface area contributed by atoms with Gasteiger partial charge in [-0.1, -0.05) is 12.1 Å². The van der Waals surface area contributed by atoms with E-state index in [2.05, 4.69) is 10.2 Å². The van der Waals surface area contributed by atoms with Crippen LogP contribution >= 0.6 is 0 Å². The first-order valence-corrected chi connectivity index (χ1v) is 8.48. The van der Waals surface area contributed by atoms with E-state index in [1.54, 1.807) is 35.8 Å². The summed E-state index contributed by atoms with van der Waals surface area (Å²) in [6, 6.07) is 8.12. The molecule has 7 heteroatoms. The second-order valence-corrected chi connectivity index (χ2v) is 6.46. The van der Waals surface area contributed by atoms with Crippen LogP contribution in [0, 0.1) is 19.7 Å². The standard InChI is InChI=1S/C19H18FN3O3/c1-11-9-14(12(2)23(11)16-6-4-3-5-15(16)20)19(24)25-10-17-21-22-18(26-17)13-7-8-13/h3-6,9,13H,7-8,10H2,1-2H3. The first-order chi connectivity index (χ1) is 12.5. The van der Waals surface area contributed by atoms with Gasteiger partial charge in [-0.05, 0) is 44.9 Å². The minimum absolute atomic E-state index is 0.0814. The largest absolute Gasteiger partial charge is 0.452 e. The van der Waals surface area contributed by atoms with Crippen LogP contribution in [-0.2, 0) is 11.3 Å².